The van der Waals surface area contributed by atoms with Crippen LogP contribution in [0.4, 0.5) is 0 Å². The molecule has 0 atom stereocenters. The van der Waals surface area contributed by atoms with Gasteiger partial charge in [-0.15, -0.1) is 0 Å². The third kappa shape index (κ3) is 4.50. The Labute approximate surface area is 120 Å². The Hall–Kier alpha value is -2.16. The zero-order valence-electron chi connectivity index (χ0n) is 11.8. The number of nitrogens with zero attached hydrogens (tertiary/aromatic N) is 2. The number of hydrogen-bond donors (Lipinski definition) is 0. The van der Waals surface area contributed by atoms with E-state index in [-0.39, 0.29) is 5.91 Å². The monoisotopic (exact) mass is 268 g/mol. The molecule has 0 N–H and O–H groups in total. The van der Waals surface area contributed by atoms with Crippen LogP contribution in [0.1, 0.15) is 17.7 Å². The molecule has 0 aliphatic rings. The second-order valence-corrected chi connectivity index (χ2v) is 4.87. The highest BCUT2D eigenvalue weighted by molar-refractivity contribution is 5.76. The highest BCUT2D eigenvalue weighted by Crippen LogP contribution is 2.05. The van der Waals surface area contributed by atoms with E-state index in [4.69, 9.17) is 0 Å². The molecule has 1 aromatic carbocycles. The smallest absolute Gasteiger partial charge is 0.222 e. The molecule has 1 amide bonds. The molecule has 0 unspecified atom stereocenters. The van der Waals surface area contributed by atoms with Crippen LogP contribution < -0.4 is 0 Å². The van der Waals surface area contributed by atoms with Crippen LogP contribution in [0, 0.1) is 0 Å². The second-order valence-electron chi connectivity index (χ2n) is 4.87. The maximum Gasteiger partial charge on any atom is 0.222 e. The van der Waals surface area contributed by atoms with Crippen LogP contribution in [0.5, 0.6) is 0 Å². The van der Waals surface area contributed by atoms with Crippen molar-refractivity contribution in [1.82, 2.24) is 9.88 Å². The Morgan fingerprint density at radius 3 is 2.50 bits per heavy atom. The molecule has 1 aromatic heterocycles. The van der Waals surface area contributed by atoms with Gasteiger partial charge in [0.05, 0.1) is 0 Å². The third-order valence-corrected chi connectivity index (χ3v) is 3.33. The summed E-state index contributed by atoms with van der Waals surface area (Å²) in [6.07, 6.45) is 3.94. The number of rotatable bonds is 6. The minimum Gasteiger partial charge on any atom is -0.345 e. The summed E-state index contributed by atoms with van der Waals surface area (Å²) in [5.41, 5.74) is 2.23. The Morgan fingerprint density at radius 1 is 1.05 bits per heavy atom. The first-order valence-electron chi connectivity index (χ1n) is 6.93. The number of likely N-dealkylation sites (N-methyl/N-ethyl adjacent to an activating group) is 1. The predicted octanol–water partition coefficient (Wildman–Crippen LogP) is 2.72. The molecular weight excluding hydrogens is 248 g/mol. The van der Waals surface area contributed by atoms with Crippen molar-refractivity contribution in [3.63, 3.8) is 0 Å². The summed E-state index contributed by atoms with van der Waals surface area (Å²) < 4.78 is 0. The van der Waals surface area contributed by atoms with Gasteiger partial charge in [-0.05, 0) is 24.1 Å². The van der Waals surface area contributed by atoms with Crippen LogP contribution >= 0.6 is 0 Å². The van der Waals surface area contributed by atoms with E-state index >= 15 is 0 Å². The van der Waals surface area contributed by atoms with Crippen LogP contribution in [0.3, 0.4) is 0 Å². The van der Waals surface area contributed by atoms with Gasteiger partial charge in [0.2, 0.25) is 5.91 Å². The zero-order valence-corrected chi connectivity index (χ0v) is 11.8. The molecule has 104 valence electrons. The lowest BCUT2D eigenvalue weighted by atomic mass is 10.1. The fourth-order valence-corrected chi connectivity index (χ4v) is 2.04. The molecular formula is C17H20N2O. The normalized spacial score (nSPS) is 10.2. The Balaban J connectivity index is 1.75. The van der Waals surface area contributed by atoms with E-state index in [1.54, 1.807) is 11.1 Å². The van der Waals surface area contributed by atoms with Gasteiger partial charge >= 0.3 is 0 Å². The van der Waals surface area contributed by atoms with E-state index in [1.807, 2.05) is 43.4 Å². The Kier molecular flexibility index (Phi) is 5.30. The third-order valence-electron chi connectivity index (χ3n) is 3.33. The lowest BCUT2D eigenvalue weighted by molar-refractivity contribution is -0.129. The average molecular weight is 268 g/mol. The Morgan fingerprint density at radius 2 is 1.80 bits per heavy atom. The summed E-state index contributed by atoms with van der Waals surface area (Å²) in [6.45, 7) is 0.713. The van der Waals surface area contributed by atoms with Gasteiger partial charge in [0.25, 0.3) is 0 Å². The molecule has 0 radical (unpaired) electrons. The molecule has 1 heterocycles. The van der Waals surface area contributed by atoms with Gasteiger partial charge in [-0.1, -0.05) is 36.4 Å². The molecule has 2 aromatic rings. The molecule has 0 aliphatic heterocycles. The summed E-state index contributed by atoms with van der Waals surface area (Å²) in [6, 6.07) is 16.0. The van der Waals surface area contributed by atoms with Crippen molar-refractivity contribution in [2.24, 2.45) is 0 Å². The quantitative estimate of drug-likeness (QED) is 0.807. The minimum atomic E-state index is 0.185. The van der Waals surface area contributed by atoms with Crippen LogP contribution in [0.15, 0.2) is 54.7 Å². The van der Waals surface area contributed by atoms with E-state index in [0.29, 0.717) is 13.0 Å². The molecule has 0 spiro atoms. The molecule has 3 nitrogen and oxygen atoms in total. The number of carbonyl (C=O) groups excluding carboxylic acids is 1. The summed E-state index contributed by atoms with van der Waals surface area (Å²) >= 11 is 0. The SMILES string of the molecule is CN(CCc1ccccn1)C(=O)CCc1ccccc1. The van der Waals surface area contributed by atoms with Crippen molar-refractivity contribution >= 4 is 5.91 Å². The van der Waals surface area contributed by atoms with Crippen molar-refractivity contribution in [2.75, 3.05) is 13.6 Å². The van der Waals surface area contributed by atoms with E-state index in [0.717, 1.165) is 18.5 Å². The summed E-state index contributed by atoms with van der Waals surface area (Å²) in [5, 5.41) is 0. The van der Waals surface area contributed by atoms with Gasteiger partial charge < -0.3 is 4.90 Å². The van der Waals surface area contributed by atoms with Crippen LogP contribution in [-0.4, -0.2) is 29.4 Å². The van der Waals surface area contributed by atoms with E-state index in [9.17, 15) is 4.79 Å². The van der Waals surface area contributed by atoms with Crippen LogP contribution in [-0.2, 0) is 17.6 Å². The van der Waals surface area contributed by atoms with Crippen molar-refractivity contribution < 1.29 is 4.79 Å². The summed E-state index contributed by atoms with van der Waals surface area (Å²) in [7, 11) is 1.86. The van der Waals surface area contributed by atoms with Gasteiger partial charge in [0.1, 0.15) is 0 Å². The largest absolute Gasteiger partial charge is 0.345 e. The van der Waals surface area contributed by atoms with Crippen molar-refractivity contribution in [2.45, 2.75) is 19.3 Å². The topological polar surface area (TPSA) is 33.2 Å². The van der Waals surface area contributed by atoms with Gasteiger partial charge in [-0.2, -0.15) is 0 Å². The predicted molar refractivity (Wildman–Crippen MR) is 80.3 cm³/mol. The molecule has 0 bridgehead atoms. The van der Waals surface area contributed by atoms with Crippen LogP contribution in [0.25, 0.3) is 0 Å². The van der Waals surface area contributed by atoms with Crippen molar-refractivity contribution in [3.8, 4) is 0 Å². The average Bonchev–Trinajstić information content (AvgIpc) is 2.52. The van der Waals surface area contributed by atoms with E-state index in [2.05, 4.69) is 17.1 Å². The van der Waals surface area contributed by atoms with Gasteiger partial charge in [0.15, 0.2) is 0 Å². The lowest BCUT2D eigenvalue weighted by Gasteiger charge is -2.16. The fourth-order valence-electron chi connectivity index (χ4n) is 2.04. The standard InChI is InChI=1S/C17H20N2O/c1-19(14-12-16-9-5-6-13-18-16)17(20)11-10-15-7-3-2-4-8-15/h2-9,13H,10-12,14H2,1H3. The number of benzene rings is 1. The van der Waals surface area contributed by atoms with Gasteiger partial charge in [-0.25, -0.2) is 0 Å². The zero-order chi connectivity index (χ0) is 14.2. The lowest BCUT2D eigenvalue weighted by Crippen LogP contribution is -2.29. The first-order valence-corrected chi connectivity index (χ1v) is 6.93. The fraction of sp³-hybridized carbons (Fsp3) is 0.294. The number of carbonyl (C=O) groups is 1. The maximum absolute atomic E-state index is 12.0. The first-order chi connectivity index (χ1) is 9.75. The molecule has 0 fully saturated rings. The molecule has 2 rings (SSSR count). The van der Waals surface area contributed by atoms with E-state index < -0.39 is 0 Å². The number of amides is 1. The highest BCUT2D eigenvalue weighted by atomic mass is 16.2. The number of hydrogen-bond acceptors (Lipinski definition) is 2. The van der Waals surface area contributed by atoms with Gasteiger partial charge in [0, 0.05) is 38.3 Å². The van der Waals surface area contributed by atoms with E-state index in [1.165, 1.54) is 5.56 Å². The second kappa shape index (κ2) is 7.43. The number of aromatic nitrogens is 1. The number of pyridine rings is 1. The maximum atomic E-state index is 12.0. The summed E-state index contributed by atoms with van der Waals surface area (Å²) in [5.74, 6) is 0.185. The van der Waals surface area contributed by atoms with Crippen LogP contribution in [0.2, 0.25) is 0 Å². The molecule has 0 aliphatic carbocycles. The first kappa shape index (κ1) is 14.3. The molecule has 3 heteroatoms. The number of aryl methyl sites for hydroxylation is 1. The molecule has 20 heavy (non-hydrogen) atoms. The molecule has 0 saturated carbocycles. The van der Waals surface area contributed by atoms with Crippen molar-refractivity contribution in [3.05, 3.63) is 66.0 Å². The molecule has 0 saturated heterocycles. The summed E-state index contributed by atoms with van der Waals surface area (Å²) in [4.78, 5) is 18.1. The highest BCUT2D eigenvalue weighted by Gasteiger charge is 2.08. The van der Waals surface area contributed by atoms with Crippen molar-refractivity contribution in [1.29, 1.82) is 0 Å². The Bertz CT molecular complexity index is 525. The minimum absolute atomic E-state index is 0.185. The van der Waals surface area contributed by atoms with Gasteiger partial charge in [-0.3, -0.25) is 9.78 Å².